The molecule has 5 nitrogen and oxygen atoms in total. The molecule has 1 atom stereocenters. The number of nitrogens with one attached hydrogen (secondary N) is 2. The van der Waals surface area contributed by atoms with Crippen LogP contribution in [0.4, 0.5) is 10.8 Å². The topological polar surface area (TPSA) is 66.9 Å². The van der Waals surface area contributed by atoms with Gasteiger partial charge in [0.1, 0.15) is 0 Å². The fourth-order valence-electron chi connectivity index (χ4n) is 2.57. The molecule has 1 fully saturated rings. The van der Waals surface area contributed by atoms with E-state index in [-0.39, 0.29) is 11.2 Å². The smallest absolute Gasteiger partial charge is 0.233 e. The lowest BCUT2D eigenvalue weighted by Crippen LogP contribution is -2.30. The zero-order chi connectivity index (χ0) is 16.2. The second kappa shape index (κ2) is 7.31. The van der Waals surface area contributed by atoms with Crippen molar-refractivity contribution in [3.8, 4) is 0 Å². The van der Waals surface area contributed by atoms with Gasteiger partial charge in [0.05, 0.1) is 5.25 Å². The summed E-state index contributed by atoms with van der Waals surface area (Å²) in [6, 6.07) is 6.19. The molecule has 122 valence electrons. The average Bonchev–Trinajstić information content (AvgIpc) is 2.86. The Hall–Kier alpha value is -1.60. The molecule has 2 N–H and O–H groups in total. The standard InChI is InChI=1S/C16H20N4OS2/c1-10-6-5-7-11(2)13(10)18-15-19-20-16(23-15)22-12-8-3-4-9-17-14(12)21/h5-7,12H,3-4,8-9H2,1-2H3,(H,17,21)(H,18,19)/t12-/m0/s1. The quantitative estimate of drug-likeness (QED) is 0.883. The number of rotatable bonds is 4. The summed E-state index contributed by atoms with van der Waals surface area (Å²) in [5, 5.41) is 15.4. The SMILES string of the molecule is Cc1cccc(C)c1Nc1nnc(S[C@H]2CCCCNC2=O)s1. The number of nitrogens with zero attached hydrogens (tertiary/aromatic N) is 2. The van der Waals surface area contributed by atoms with E-state index in [0.717, 1.165) is 41.0 Å². The minimum atomic E-state index is -0.0569. The largest absolute Gasteiger partial charge is 0.355 e. The van der Waals surface area contributed by atoms with Gasteiger partial charge in [0.15, 0.2) is 4.34 Å². The fourth-order valence-corrected chi connectivity index (χ4v) is 4.64. The Bertz CT molecular complexity index is 681. The van der Waals surface area contributed by atoms with Crippen LogP contribution in [0.25, 0.3) is 0 Å². The van der Waals surface area contributed by atoms with Crippen molar-refractivity contribution in [2.45, 2.75) is 42.7 Å². The van der Waals surface area contributed by atoms with Gasteiger partial charge in [-0.15, -0.1) is 10.2 Å². The Morgan fingerprint density at radius 1 is 1.26 bits per heavy atom. The van der Waals surface area contributed by atoms with Gasteiger partial charge in [0.2, 0.25) is 11.0 Å². The first-order valence-electron chi connectivity index (χ1n) is 7.74. The van der Waals surface area contributed by atoms with Crippen molar-refractivity contribution in [2.75, 3.05) is 11.9 Å². The molecule has 1 aromatic heterocycles. The zero-order valence-electron chi connectivity index (χ0n) is 13.3. The second-order valence-electron chi connectivity index (χ2n) is 5.66. The number of hydrogen-bond acceptors (Lipinski definition) is 6. The van der Waals surface area contributed by atoms with Gasteiger partial charge in [-0.05, 0) is 37.8 Å². The Labute approximate surface area is 144 Å². The second-order valence-corrected chi connectivity index (χ2v) is 8.09. The van der Waals surface area contributed by atoms with Crippen LogP contribution < -0.4 is 10.6 Å². The van der Waals surface area contributed by atoms with E-state index in [9.17, 15) is 4.79 Å². The molecule has 1 amide bonds. The molecule has 1 aromatic carbocycles. The average molecular weight is 348 g/mol. The van der Waals surface area contributed by atoms with Gasteiger partial charge in [-0.3, -0.25) is 4.79 Å². The third-order valence-electron chi connectivity index (χ3n) is 3.85. The summed E-state index contributed by atoms with van der Waals surface area (Å²) in [5.41, 5.74) is 3.43. The van der Waals surface area contributed by atoms with E-state index in [1.165, 1.54) is 34.2 Å². The van der Waals surface area contributed by atoms with Crippen LogP contribution in [-0.2, 0) is 4.79 Å². The van der Waals surface area contributed by atoms with Crippen LogP contribution >= 0.6 is 23.1 Å². The first-order valence-corrected chi connectivity index (χ1v) is 9.44. The Morgan fingerprint density at radius 3 is 2.83 bits per heavy atom. The molecule has 0 spiro atoms. The monoisotopic (exact) mass is 348 g/mol. The number of carbonyl (C=O) groups excluding carboxylic acids is 1. The normalized spacial score (nSPS) is 18.3. The van der Waals surface area contributed by atoms with E-state index < -0.39 is 0 Å². The predicted octanol–water partition coefficient (Wildman–Crippen LogP) is 3.66. The van der Waals surface area contributed by atoms with Crippen LogP contribution in [0.5, 0.6) is 0 Å². The highest BCUT2D eigenvalue weighted by Crippen LogP contribution is 2.34. The molecule has 3 rings (SSSR count). The maximum absolute atomic E-state index is 12.0. The fraction of sp³-hybridized carbons (Fsp3) is 0.438. The Balaban J connectivity index is 1.69. The number of anilines is 2. The molecular weight excluding hydrogens is 328 g/mol. The van der Waals surface area contributed by atoms with Crippen molar-refractivity contribution in [1.29, 1.82) is 0 Å². The number of carbonyl (C=O) groups is 1. The number of aryl methyl sites for hydroxylation is 2. The summed E-state index contributed by atoms with van der Waals surface area (Å²) < 4.78 is 0.834. The molecule has 2 heterocycles. The van der Waals surface area contributed by atoms with E-state index in [1.54, 1.807) is 0 Å². The number of hydrogen-bond donors (Lipinski definition) is 2. The predicted molar refractivity (Wildman–Crippen MR) is 95.6 cm³/mol. The Morgan fingerprint density at radius 2 is 2.04 bits per heavy atom. The van der Waals surface area contributed by atoms with Gasteiger partial charge >= 0.3 is 0 Å². The first-order chi connectivity index (χ1) is 11.1. The van der Waals surface area contributed by atoms with Crippen molar-refractivity contribution in [2.24, 2.45) is 0 Å². The van der Waals surface area contributed by atoms with E-state index >= 15 is 0 Å². The van der Waals surface area contributed by atoms with Gasteiger partial charge < -0.3 is 10.6 Å². The highest BCUT2D eigenvalue weighted by Gasteiger charge is 2.23. The van der Waals surface area contributed by atoms with Gasteiger partial charge in [-0.2, -0.15) is 0 Å². The number of thioether (sulfide) groups is 1. The van der Waals surface area contributed by atoms with Crippen molar-refractivity contribution < 1.29 is 4.79 Å². The summed E-state index contributed by atoms with van der Waals surface area (Å²) in [6.45, 7) is 4.93. The summed E-state index contributed by atoms with van der Waals surface area (Å²) >= 11 is 3.02. The van der Waals surface area contributed by atoms with Crippen LogP contribution in [0.1, 0.15) is 30.4 Å². The summed E-state index contributed by atoms with van der Waals surface area (Å²) in [6.07, 6.45) is 3.02. The highest BCUT2D eigenvalue weighted by molar-refractivity contribution is 8.02. The van der Waals surface area contributed by atoms with Gasteiger partial charge in [0, 0.05) is 12.2 Å². The number of amides is 1. The third-order valence-corrected chi connectivity index (χ3v) is 6.04. The van der Waals surface area contributed by atoms with Gasteiger partial charge in [-0.1, -0.05) is 47.7 Å². The molecule has 2 aromatic rings. The Kier molecular flexibility index (Phi) is 5.17. The number of benzene rings is 1. The number of aromatic nitrogens is 2. The number of para-hydroxylation sites is 1. The molecule has 1 aliphatic heterocycles. The van der Waals surface area contributed by atoms with Crippen molar-refractivity contribution in [1.82, 2.24) is 15.5 Å². The zero-order valence-corrected chi connectivity index (χ0v) is 14.9. The highest BCUT2D eigenvalue weighted by atomic mass is 32.2. The molecule has 1 saturated heterocycles. The molecule has 0 saturated carbocycles. The lowest BCUT2D eigenvalue weighted by atomic mass is 10.1. The lowest BCUT2D eigenvalue weighted by Gasteiger charge is -2.10. The molecule has 0 aliphatic carbocycles. The van der Waals surface area contributed by atoms with Gasteiger partial charge in [0.25, 0.3) is 0 Å². The van der Waals surface area contributed by atoms with Crippen molar-refractivity contribution in [3.05, 3.63) is 29.3 Å². The minimum absolute atomic E-state index is 0.0569. The van der Waals surface area contributed by atoms with Crippen LogP contribution in [0.3, 0.4) is 0 Å². The van der Waals surface area contributed by atoms with Crippen LogP contribution in [0.2, 0.25) is 0 Å². The van der Waals surface area contributed by atoms with Crippen molar-refractivity contribution >= 4 is 39.8 Å². The molecular formula is C16H20N4OS2. The minimum Gasteiger partial charge on any atom is -0.355 e. The molecule has 0 radical (unpaired) electrons. The molecule has 23 heavy (non-hydrogen) atoms. The van der Waals surface area contributed by atoms with Crippen LogP contribution in [-0.4, -0.2) is 27.9 Å². The third kappa shape index (κ3) is 4.03. The summed E-state index contributed by atoms with van der Waals surface area (Å²) in [7, 11) is 0. The molecule has 0 unspecified atom stereocenters. The molecule has 0 bridgehead atoms. The summed E-state index contributed by atoms with van der Waals surface area (Å²) in [5.74, 6) is 0.118. The maximum atomic E-state index is 12.0. The van der Waals surface area contributed by atoms with Gasteiger partial charge in [-0.25, -0.2) is 0 Å². The maximum Gasteiger partial charge on any atom is 0.233 e. The lowest BCUT2D eigenvalue weighted by molar-refractivity contribution is -0.120. The van der Waals surface area contributed by atoms with E-state index in [1.807, 2.05) is 6.07 Å². The van der Waals surface area contributed by atoms with Crippen LogP contribution in [0.15, 0.2) is 22.5 Å². The van der Waals surface area contributed by atoms with Crippen molar-refractivity contribution in [3.63, 3.8) is 0 Å². The van der Waals surface area contributed by atoms with E-state index in [2.05, 4.69) is 46.8 Å². The summed E-state index contributed by atoms with van der Waals surface area (Å²) in [4.78, 5) is 12.0. The first kappa shape index (κ1) is 16.3. The molecule has 1 aliphatic rings. The van der Waals surface area contributed by atoms with E-state index in [0.29, 0.717) is 0 Å². The van der Waals surface area contributed by atoms with Crippen LogP contribution in [0, 0.1) is 13.8 Å². The van der Waals surface area contributed by atoms with E-state index in [4.69, 9.17) is 0 Å². The molecule has 7 heteroatoms.